The second-order valence-corrected chi connectivity index (χ2v) is 7.52. The molecule has 3 aromatic carbocycles. The molecule has 0 aliphatic rings. The molecule has 0 amide bonds. The first kappa shape index (κ1) is 33.5. The summed E-state index contributed by atoms with van der Waals surface area (Å²) in [6, 6.07) is 26.9. The molecule has 0 aromatic heterocycles. The summed E-state index contributed by atoms with van der Waals surface area (Å²) >= 11 is 0. The molecule has 0 saturated carbocycles. The van der Waals surface area contributed by atoms with Crippen molar-refractivity contribution < 1.29 is 65.3 Å². The first-order valence-electron chi connectivity index (χ1n) is 11.0. The molecular weight excluding hydrogens is 595 g/mol. The van der Waals surface area contributed by atoms with Crippen LogP contribution in [-0.4, -0.2) is 32.7 Å². The van der Waals surface area contributed by atoms with Crippen LogP contribution in [0, 0.1) is 35.6 Å². The van der Waals surface area contributed by atoms with E-state index in [-0.39, 0.29) is 70.2 Å². The molecule has 0 saturated heterocycles. The second kappa shape index (κ2) is 18.7. The fraction of sp³-hybridized carbons (Fsp3) is 0.100. The number of hydrogen-bond acceptors (Lipinski definition) is 6. The monoisotopic (exact) mass is 625 g/mol. The number of hydrogen-bond donors (Lipinski definition) is 3. The quantitative estimate of drug-likeness (QED) is 0.212. The maximum Gasteiger partial charge on any atom is 0.156 e. The zero-order valence-electron chi connectivity index (χ0n) is 21.0. The largest absolute Gasteiger partial charge is 0.507 e. The summed E-state index contributed by atoms with van der Waals surface area (Å²) in [4.78, 5) is 31.8. The van der Waals surface area contributed by atoms with Gasteiger partial charge in [-0.2, -0.15) is 0 Å². The second-order valence-electron chi connectivity index (χ2n) is 7.52. The summed E-state index contributed by atoms with van der Waals surface area (Å²) in [5.41, 5.74) is 1.98. The first-order valence-corrected chi connectivity index (χ1v) is 11.0. The summed E-state index contributed by atoms with van der Waals surface area (Å²) in [6.07, 6.45) is 3.61. The van der Waals surface area contributed by atoms with Gasteiger partial charge in [-0.25, -0.2) is 0 Å². The normalized spacial score (nSPS) is 10.9. The zero-order valence-corrected chi connectivity index (χ0v) is 24.7. The Labute approximate surface area is 245 Å². The Hall–Kier alpha value is -3.52. The standard InChI is InChI=1S/3C10H10O2.La/c3*1-8(11)7-10(12)9-5-3-2-4-6-9;/h3*2-7,12H,1H3;. The molecule has 7 heteroatoms. The van der Waals surface area contributed by atoms with E-state index >= 15 is 0 Å². The third-order valence-corrected chi connectivity index (χ3v) is 4.23. The van der Waals surface area contributed by atoms with Crippen LogP contribution < -0.4 is 0 Å². The van der Waals surface area contributed by atoms with Crippen LogP contribution in [0.3, 0.4) is 0 Å². The SMILES string of the molecule is CC(=O)C=C(O)c1ccccc1.CC(=O)C=C(O)c1ccccc1.CC(=O)C=C(O)c1ccccc1.[La]. The minimum absolute atomic E-state index is 0. The van der Waals surface area contributed by atoms with Crippen molar-refractivity contribution in [2.75, 3.05) is 0 Å². The van der Waals surface area contributed by atoms with Crippen molar-refractivity contribution in [2.24, 2.45) is 0 Å². The summed E-state index contributed by atoms with van der Waals surface area (Å²) < 4.78 is 0. The van der Waals surface area contributed by atoms with Gasteiger partial charge in [0.2, 0.25) is 0 Å². The van der Waals surface area contributed by atoms with E-state index in [9.17, 15) is 29.7 Å². The smallest absolute Gasteiger partial charge is 0.156 e. The Morgan fingerprint density at radius 2 is 0.649 bits per heavy atom. The van der Waals surface area contributed by atoms with E-state index < -0.39 is 0 Å². The van der Waals surface area contributed by atoms with E-state index in [1.807, 2.05) is 18.2 Å². The van der Waals surface area contributed by atoms with Crippen LogP contribution in [0.2, 0.25) is 0 Å². The summed E-state index contributed by atoms with van der Waals surface area (Å²) in [5.74, 6) is -0.418. The molecule has 0 bridgehead atoms. The number of carbonyl (C=O) groups excluding carboxylic acids is 3. The Kier molecular flexibility index (Phi) is 16.9. The molecular formula is C30H30LaO6. The Morgan fingerprint density at radius 3 is 0.811 bits per heavy atom. The minimum atomic E-state index is -0.156. The number of benzene rings is 3. The third-order valence-electron chi connectivity index (χ3n) is 4.23. The van der Waals surface area contributed by atoms with Crippen molar-refractivity contribution in [1.29, 1.82) is 0 Å². The van der Waals surface area contributed by atoms with E-state index in [2.05, 4.69) is 0 Å². The van der Waals surface area contributed by atoms with Gasteiger partial charge in [-0.1, -0.05) is 91.0 Å². The Balaban J connectivity index is 0.000000518. The number of carbonyl (C=O) groups is 3. The summed E-state index contributed by atoms with van der Waals surface area (Å²) in [6.45, 7) is 4.21. The van der Waals surface area contributed by atoms with Crippen LogP contribution in [0.5, 0.6) is 0 Å². The van der Waals surface area contributed by atoms with Crippen molar-refractivity contribution in [3.8, 4) is 0 Å². The maximum absolute atomic E-state index is 10.6. The van der Waals surface area contributed by atoms with Gasteiger partial charge in [0.15, 0.2) is 17.3 Å². The third kappa shape index (κ3) is 15.3. The average molecular weight is 625 g/mol. The van der Waals surface area contributed by atoms with Crippen molar-refractivity contribution in [1.82, 2.24) is 0 Å². The average Bonchev–Trinajstić information content (AvgIpc) is 2.85. The molecule has 37 heavy (non-hydrogen) atoms. The van der Waals surface area contributed by atoms with Crippen molar-refractivity contribution in [3.63, 3.8) is 0 Å². The fourth-order valence-corrected chi connectivity index (χ4v) is 2.65. The topological polar surface area (TPSA) is 112 Å². The molecule has 0 spiro atoms. The van der Waals surface area contributed by atoms with Gasteiger partial charge in [0.1, 0.15) is 17.3 Å². The Bertz CT molecular complexity index is 1060. The van der Waals surface area contributed by atoms with Crippen LogP contribution in [0.25, 0.3) is 17.3 Å². The van der Waals surface area contributed by atoms with Crippen molar-refractivity contribution in [2.45, 2.75) is 20.8 Å². The number of aliphatic hydroxyl groups is 3. The fourth-order valence-electron chi connectivity index (χ4n) is 2.65. The summed E-state index contributed by atoms with van der Waals surface area (Å²) in [7, 11) is 0. The molecule has 0 atom stereocenters. The van der Waals surface area contributed by atoms with Crippen LogP contribution in [0.4, 0.5) is 0 Å². The molecule has 0 fully saturated rings. The van der Waals surface area contributed by atoms with Gasteiger partial charge in [0, 0.05) is 70.5 Å². The minimum Gasteiger partial charge on any atom is -0.507 e. The van der Waals surface area contributed by atoms with Crippen LogP contribution in [-0.2, 0) is 14.4 Å². The molecule has 3 N–H and O–H groups in total. The van der Waals surface area contributed by atoms with Gasteiger partial charge in [0.05, 0.1) is 0 Å². The van der Waals surface area contributed by atoms with Gasteiger partial charge < -0.3 is 15.3 Å². The number of aliphatic hydroxyl groups excluding tert-OH is 3. The molecule has 3 rings (SSSR count). The van der Waals surface area contributed by atoms with Crippen molar-refractivity contribution in [3.05, 3.63) is 126 Å². The van der Waals surface area contributed by atoms with E-state index in [4.69, 9.17) is 0 Å². The molecule has 0 unspecified atom stereocenters. The number of rotatable bonds is 6. The summed E-state index contributed by atoms with van der Waals surface area (Å²) in [5, 5.41) is 28.0. The maximum atomic E-state index is 10.6. The molecule has 6 nitrogen and oxygen atoms in total. The zero-order chi connectivity index (χ0) is 26.9. The molecule has 0 aliphatic heterocycles. The predicted octanol–water partition coefficient (Wildman–Crippen LogP) is 6.52. The Morgan fingerprint density at radius 1 is 0.459 bits per heavy atom. The first-order chi connectivity index (χ1) is 17.1. The van der Waals surface area contributed by atoms with Gasteiger partial charge >= 0.3 is 0 Å². The molecule has 0 aliphatic carbocycles. The van der Waals surface area contributed by atoms with Gasteiger partial charge in [-0.05, 0) is 20.8 Å². The molecule has 189 valence electrons. The van der Waals surface area contributed by atoms with Crippen LogP contribution in [0.15, 0.2) is 109 Å². The van der Waals surface area contributed by atoms with Crippen LogP contribution >= 0.6 is 0 Å². The number of allylic oxidation sites excluding steroid dienone is 3. The van der Waals surface area contributed by atoms with Gasteiger partial charge in [0.25, 0.3) is 0 Å². The number of ketones is 3. The van der Waals surface area contributed by atoms with Crippen LogP contribution in [0.1, 0.15) is 37.5 Å². The van der Waals surface area contributed by atoms with E-state index in [1.54, 1.807) is 72.8 Å². The predicted molar refractivity (Wildman–Crippen MR) is 143 cm³/mol. The van der Waals surface area contributed by atoms with Gasteiger partial charge in [-0.3, -0.25) is 14.4 Å². The van der Waals surface area contributed by atoms with Gasteiger partial charge in [-0.15, -0.1) is 0 Å². The molecule has 3 aromatic rings. The van der Waals surface area contributed by atoms with E-state index in [0.717, 1.165) is 0 Å². The molecule has 1 radical (unpaired) electrons. The van der Waals surface area contributed by atoms with E-state index in [0.29, 0.717) is 16.7 Å². The van der Waals surface area contributed by atoms with Crippen molar-refractivity contribution >= 4 is 34.6 Å². The molecule has 0 heterocycles. The van der Waals surface area contributed by atoms with E-state index in [1.165, 1.54) is 39.0 Å².